The number of nitrogen functional groups attached to an aromatic ring is 1. The average molecular weight is 463 g/mol. The fourth-order valence-electron chi connectivity index (χ4n) is 3.82. The third kappa shape index (κ3) is 4.66. The number of carbonyl (C=O) groups is 1. The molecule has 8 heteroatoms. The van der Waals surface area contributed by atoms with Gasteiger partial charge in [0.15, 0.2) is 5.75 Å². The summed E-state index contributed by atoms with van der Waals surface area (Å²) < 4.78 is 32.9. The summed E-state index contributed by atoms with van der Waals surface area (Å²) in [4.78, 5) is 13.8. The summed E-state index contributed by atoms with van der Waals surface area (Å²) in [5.74, 6) is -0.457. The van der Waals surface area contributed by atoms with Crippen LogP contribution in [0.15, 0.2) is 48.5 Å². The Hall–Kier alpha value is -2.67. The molecule has 3 aromatic rings. The van der Waals surface area contributed by atoms with Crippen LogP contribution in [0, 0.1) is 11.6 Å². The van der Waals surface area contributed by atoms with Gasteiger partial charge < -0.3 is 15.3 Å². The summed E-state index contributed by atoms with van der Waals surface area (Å²) in [5, 5.41) is 0.587. The second-order valence-electron chi connectivity index (χ2n) is 7.36. The highest BCUT2D eigenvalue weighted by Crippen LogP contribution is 2.39. The number of hydrogen-bond donors (Lipinski definition) is 1. The summed E-state index contributed by atoms with van der Waals surface area (Å²) >= 11 is 12.4. The smallest absolute Gasteiger partial charge is 0.164 e. The quantitative estimate of drug-likeness (QED) is 0.376. The number of hydrogen-bond acceptors (Lipinski definition) is 4. The molecule has 0 amide bonds. The Kier molecular flexibility index (Phi) is 6.14. The normalized spacial score (nSPS) is 16.1. The minimum absolute atomic E-state index is 0.256. The molecule has 1 unspecified atom stereocenters. The van der Waals surface area contributed by atoms with E-state index >= 15 is 0 Å². The van der Waals surface area contributed by atoms with Crippen molar-refractivity contribution in [3.05, 3.63) is 86.9 Å². The first-order valence-electron chi connectivity index (χ1n) is 9.53. The maximum atomic E-state index is 13.5. The Balaban J connectivity index is 1.58. The molecule has 0 aliphatic carbocycles. The molecule has 1 heterocycles. The summed E-state index contributed by atoms with van der Waals surface area (Å²) in [7, 11) is 0. The molecular formula is C23H18Cl2F2N2O2. The molecule has 0 bridgehead atoms. The second-order valence-corrected chi connectivity index (χ2v) is 8.17. The van der Waals surface area contributed by atoms with E-state index in [-0.39, 0.29) is 6.54 Å². The first-order valence-corrected chi connectivity index (χ1v) is 10.3. The molecule has 3 aromatic carbocycles. The molecule has 1 aliphatic heterocycles. The molecule has 0 aromatic heterocycles. The topological polar surface area (TPSA) is 55.6 Å². The van der Waals surface area contributed by atoms with Gasteiger partial charge in [0.1, 0.15) is 23.7 Å². The molecule has 0 saturated carbocycles. The van der Waals surface area contributed by atoms with Gasteiger partial charge in [0.25, 0.3) is 0 Å². The molecule has 4 rings (SSSR count). The van der Waals surface area contributed by atoms with E-state index in [1.54, 1.807) is 24.3 Å². The molecule has 0 fully saturated rings. The summed E-state index contributed by atoms with van der Waals surface area (Å²) in [6.07, 6.45) is 1.47. The van der Waals surface area contributed by atoms with Crippen LogP contribution in [-0.2, 0) is 17.8 Å². The van der Waals surface area contributed by atoms with E-state index in [9.17, 15) is 13.6 Å². The molecule has 4 nitrogen and oxygen atoms in total. The summed E-state index contributed by atoms with van der Waals surface area (Å²) in [6.45, 7) is 0.799. The third-order valence-electron chi connectivity index (χ3n) is 5.17. The number of anilines is 1. The van der Waals surface area contributed by atoms with Crippen LogP contribution in [0.3, 0.4) is 0 Å². The maximum absolute atomic E-state index is 13.5. The predicted molar refractivity (Wildman–Crippen MR) is 117 cm³/mol. The molecule has 31 heavy (non-hydrogen) atoms. The van der Waals surface area contributed by atoms with Gasteiger partial charge in [-0.3, -0.25) is 4.90 Å². The Morgan fingerprint density at radius 3 is 2.39 bits per heavy atom. The largest absolute Gasteiger partial charge is 0.454 e. The monoisotopic (exact) mass is 462 g/mol. The number of carbonyl (C=O) groups excluding carboxylic acids is 1. The Bertz CT molecular complexity index is 1110. The zero-order valence-electron chi connectivity index (χ0n) is 16.2. The van der Waals surface area contributed by atoms with Crippen molar-refractivity contribution in [2.75, 3.05) is 12.3 Å². The minimum Gasteiger partial charge on any atom is -0.454 e. The number of benzene rings is 3. The number of fused-ring (bicyclic) bond motifs is 1. The Labute approximate surface area is 188 Å². The maximum Gasteiger partial charge on any atom is 0.164 e. The van der Waals surface area contributed by atoms with Crippen molar-refractivity contribution < 1.29 is 18.3 Å². The van der Waals surface area contributed by atoms with E-state index in [4.69, 9.17) is 33.7 Å². The highest BCUT2D eigenvalue weighted by atomic mass is 35.5. The van der Waals surface area contributed by atoms with Crippen molar-refractivity contribution >= 4 is 35.2 Å². The molecule has 160 valence electrons. The number of rotatable bonds is 5. The van der Waals surface area contributed by atoms with E-state index in [2.05, 4.69) is 0 Å². The van der Waals surface area contributed by atoms with Gasteiger partial charge in [-0.25, -0.2) is 8.78 Å². The SMILES string of the molecule is Nc1cc(Cl)c(Oc2ccc3c(c2)CCN(Cc2cc(F)cc(F)c2)C3C=O)c(Cl)c1. The van der Waals surface area contributed by atoms with Crippen LogP contribution in [0.1, 0.15) is 22.7 Å². The van der Waals surface area contributed by atoms with Crippen LogP contribution in [0.4, 0.5) is 14.5 Å². The number of halogens is 4. The van der Waals surface area contributed by atoms with E-state index in [1.807, 2.05) is 11.0 Å². The van der Waals surface area contributed by atoms with Gasteiger partial charge in [0, 0.05) is 24.8 Å². The van der Waals surface area contributed by atoms with Crippen LogP contribution in [-0.4, -0.2) is 17.7 Å². The number of ether oxygens (including phenoxy) is 1. The summed E-state index contributed by atoms with van der Waals surface area (Å²) in [5.41, 5.74) is 8.39. The lowest BCUT2D eigenvalue weighted by Crippen LogP contribution is -2.35. The van der Waals surface area contributed by atoms with Crippen molar-refractivity contribution in [2.45, 2.75) is 19.0 Å². The van der Waals surface area contributed by atoms with Gasteiger partial charge in [-0.2, -0.15) is 0 Å². The van der Waals surface area contributed by atoms with Gasteiger partial charge in [-0.1, -0.05) is 29.3 Å². The van der Waals surface area contributed by atoms with Crippen molar-refractivity contribution in [1.82, 2.24) is 4.90 Å². The lowest BCUT2D eigenvalue weighted by molar-refractivity contribution is -0.113. The predicted octanol–water partition coefficient (Wildman–Crippen LogP) is 5.94. The van der Waals surface area contributed by atoms with Crippen LogP contribution in [0.2, 0.25) is 10.0 Å². The van der Waals surface area contributed by atoms with Gasteiger partial charge in [-0.15, -0.1) is 0 Å². The molecule has 0 spiro atoms. The van der Waals surface area contributed by atoms with Crippen LogP contribution < -0.4 is 10.5 Å². The second kappa shape index (κ2) is 8.83. The van der Waals surface area contributed by atoms with Gasteiger partial charge in [0.2, 0.25) is 0 Å². The lowest BCUT2D eigenvalue weighted by atomic mass is 9.92. The zero-order valence-corrected chi connectivity index (χ0v) is 17.8. The van der Waals surface area contributed by atoms with E-state index in [1.165, 1.54) is 12.1 Å². The van der Waals surface area contributed by atoms with E-state index < -0.39 is 17.7 Å². The number of nitrogens with two attached hydrogens (primary N) is 1. The van der Waals surface area contributed by atoms with Gasteiger partial charge >= 0.3 is 0 Å². The number of aldehydes is 1. The summed E-state index contributed by atoms with van der Waals surface area (Å²) in [6, 6.07) is 11.3. The Morgan fingerprint density at radius 2 is 1.74 bits per heavy atom. The zero-order chi connectivity index (χ0) is 22.1. The average Bonchev–Trinajstić information content (AvgIpc) is 2.69. The van der Waals surface area contributed by atoms with Gasteiger partial charge in [-0.05, 0) is 59.5 Å². The fourth-order valence-corrected chi connectivity index (χ4v) is 4.40. The molecule has 0 saturated heterocycles. The van der Waals surface area contributed by atoms with E-state index in [0.29, 0.717) is 45.8 Å². The van der Waals surface area contributed by atoms with Crippen molar-refractivity contribution in [1.29, 1.82) is 0 Å². The molecule has 0 radical (unpaired) electrons. The van der Waals surface area contributed by atoms with Crippen molar-refractivity contribution in [3.8, 4) is 11.5 Å². The Morgan fingerprint density at radius 1 is 1.06 bits per heavy atom. The first-order chi connectivity index (χ1) is 14.8. The molecule has 1 atom stereocenters. The highest BCUT2D eigenvalue weighted by molar-refractivity contribution is 6.37. The van der Waals surface area contributed by atoms with Crippen LogP contribution in [0.25, 0.3) is 0 Å². The first kappa shape index (κ1) is 21.6. The van der Waals surface area contributed by atoms with E-state index in [0.717, 1.165) is 23.5 Å². The third-order valence-corrected chi connectivity index (χ3v) is 5.73. The molecule has 2 N–H and O–H groups in total. The minimum atomic E-state index is -0.642. The van der Waals surface area contributed by atoms with Crippen molar-refractivity contribution in [3.63, 3.8) is 0 Å². The number of nitrogens with zero attached hydrogens (tertiary/aromatic N) is 1. The molecule has 1 aliphatic rings. The molecular weight excluding hydrogens is 445 g/mol. The van der Waals surface area contributed by atoms with Crippen molar-refractivity contribution in [2.24, 2.45) is 0 Å². The highest BCUT2D eigenvalue weighted by Gasteiger charge is 2.28. The van der Waals surface area contributed by atoms with Crippen LogP contribution in [0.5, 0.6) is 11.5 Å². The lowest BCUT2D eigenvalue weighted by Gasteiger charge is -2.34. The standard InChI is InChI=1S/C23H18Cl2F2N2O2/c24-20-9-17(28)10-21(25)23(20)31-18-1-2-19-14(7-18)3-4-29(22(19)12-30)11-13-5-15(26)8-16(27)6-13/h1-2,5-10,12,22H,3-4,11,28H2. The van der Waals surface area contributed by atoms with Crippen LogP contribution >= 0.6 is 23.2 Å². The van der Waals surface area contributed by atoms with Gasteiger partial charge in [0.05, 0.1) is 16.1 Å². The fraction of sp³-hybridized carbons (Fsp3) is 0.174.